The van der Waals surface area contributed by atoms with E-state index in [1.54, 1.807) is 7.11 Å². The molecular weight excluding hydrogens is 507 g/mol. The van der Waals surface area contributed by atoms with E-state index in [1.165, 1.54) is 17.7 Å². The van der Waals surface area contributed by atoms with Crippen LogP contribution in [0.1, 0.15) is 19.8 Å². The normalized spacial score (nSPS) is 15.9. The van der Waals surface area contributed by atoms with Crippen molar-refractivity contribution in [3.63, 3.8) is 0 Å². The van der Waals surface area contributed by atoms with Gasteiger partial charge in [0, 0.05) is 49.0 Å². The molecule has 5 nitrogen and oxygen atoms in total. The Labute approximate surface area is 196 Å². The molecule has 2 rings (SSSR count). The summed E-state index contributed by atoms with van der Waals surface area (Å²) in [4.78, 5) is 8.53. The highest BCUT2D eigenvalue weighted by molar-refractivity contribution is 14.0. The van der Waals surface area contributed by atoms with Gasteiger partial charge in [-0.05, 0) is 63.0 Å². The number of hydrogen-bond acceptors (Lipinski definition) is 4. The Kier molecular flexibility index (Phi) is 14.4. The number of rotatable bonds is 10. The second kappa shape index (κ2) is 15.6. The molecule has 1 aromatic carbocycles. The fraction of sp³-hybridized carbons (Fsp3) is 0.650. The fourth-order valence-electron chi connectivity index (χ4n) is 3.04. The Morgan fingerprint density at radius 1 is 1.25 bits per heavy atom. The molecule has 0 radical (unpaired) electrons. The second-order valence-corrected chi connectivity index (χ2v) is 8.33. The molecule has 8 heteroatoms. The van der Waals surface area contributed by atoms with Gasteiger partial charge in [0.1, 0.15) is 0 Å². The number of ether oxygens (including phenoxy) is 1. The molecule has 0 aliphatic carbocycles. The minimum Gasteiger partial charge on any atom is -0.383 e. The number of piperidine rings is 1. The number of guanidine groups is 1. The van der Waals surface area contributed by atoms with E-state index in [2.05, 4.69) is 34.6 Å². The van der Waals surface area contributed by atoms with E-state index < -0.39 is 0 Å². The topological polar surface area (TPSA) is 48.9 Å². The highest BCUT2D eigenvalue weighted by atomic mass is 127. The summed E-state index contributed by atoms with van der Waals surface area (Å²) < 4.78 is 5.17. The zero-order chi connectivity index (χ0) is 19.3. The highest BCUT2D eigenvalue weighted by Gasteiger charge is 2.18. The quantitative estimate of drug-likeness (QED) is 0.155. The first-order chi connectivity index (χ1) is 13.2. The van der Waals surface area contributed by atoms with E-state index in [0.29, 0.717) is 5.92 Å². The van der Waals surface area contributed by atoms with Gasteiger partial charge in [0.15, 0.2) is 5.96 Å². The first kappa shape index (κ1) is 25.8. The number of halogens is 2. The van der Waals surface area contributed by atoms with Crippen LogP contribution in [0.3, 0.4) is 0 Å². The third kappa shape index (κ3) is 10.5. The van der Waals surface area contributed by atoms with Gasteiger partial charge in [-0.15, -0.1) is 35.7 Å². The van der Waals surface area contributed by atoms with Crippen molar-refractivity contribution >= 4 is 53.3 Å². The van der Waals surface area contributed by atoms with Gasteiger partial charge in [-0.25, -0.2) is 0 Å². The summed E-state index contributed by atoms with van der Waals surface area (Å²) in [6, 6.07) is 7.99. The molecular formula is C20H34ClIN4OS. The average molecular weight is 541 g/mol. The molecule has 2 N–H and O–H groups in total. The highest BCUT2D eigenvalue weighted by Crippen LogP contribution is 2.20. The van der Waals surface area contributed by atoms with Crippen LogP contribution < -0.4 is 10.6 Å². The first-order valence-electron chi connectivity index (χ1n) is 9.83. The monoisotopic (exact) mass is 540 g/mol. The van der Waals surface area contributed by atoms with Crippen LogP contribution in [-0.2, 0) is 4.74 Å². The predicted octanol–water partition coefficient (Wildman–Crippen LogP) is 3.96. The lowest BCUT2D eigenvalue weighted by Crippen LogP contribution is -2.40. The molecule has 1 aromatic rings. The number of hydrogen-bond donors (Lipinski definition) is 2. The Morgan fingerprint density at radius 3 is 2.61 bits per heavy atom. The lowest BCUT2D eigenvalue weighted by molar-refractivity contribution is 0.121. The van der Waals surface area contributed by atoms with Crippen LogP contribution in [0.5, 0.6) is 0 Å². The molecule has 0 amide bonds. The molecule has 160 valence electrons. The fourth-order valence-corrected chi connectivity index (χ4v) is 3.94. The lowest BCUT2D eigenvalue weighted by Gasteiger charge is -2.31. The van der Waals surface area contributed by atoms with E-state index in [1.807, 2.05) is 23.9 Å². The lowest BCUT2D eigenvalue weighted by atomic mass is 9.97. The van der Waals surface area contributed by atoms with E-state index in [4.69, 9.17) is 21.3 Å². The van der Waals surface area contributed by atoms with E-state index in [0.717, 1.165) is 62.6 Å². The largest absolute Gasteiger partial charge is 0.383 e. The van der Waals surface area contributed by atoms with Gasteiger partial charge in [0.2, 0.25) is 0 Å². The third-order valence-corrected chi connectivity index (χ3v) is 5.91. The summed E-state index contributed by atoms with van der Waals surface area (Å²) in [5.74, 6) is 2.60. The molecule has 1 saturated heterocycles. The van der Waals surface area contributed by atoms with Crippen LogP contribution in [0.25, 0.3) is 0 Å². The SMILES string of the molecule is CCNC(=NCC1CCN(CCOC)CC1)NCCSc1ccc(Cl)cc1.I. The molecule has 0 spiro atoms. The van der Waals surface area contributed by atoms with Gasteiger partial charge in [0.25, 0.3) is 0 Å². The Bertz CT molecular complexity index is 554. The number of aliphatic imine (C=N–C) groups is 1. The standard InChI is InChI=1S/C20H33ClN4OS.HI/c1-3-22-20(23-10-15-27-19-6-4-18(21)5-7-19)24-16-17-8-11-25(12-9-17)13-14-26-2;/h4-7,17H,3,8-16H2,1-2H3,(H2,22,23,24);1H. The number of methoxy groups -OCH3 is 1. The number of thioether (sulfide) groups is 1. The van der Waals surface area contributed by atoms with Gasteiger partial charge < -0.3 is 20.3 Å². The molecule has 1 heterocycles. The van der Waals surface area contributed by atoms with Crippen LogP contribution in [0.2, 0.25) is 5.02 Å². The Hall–Kier alpha value is -0.220. The molecule has 0 unspecified atom stereocenters. The molecule has 1 aliphatic rings. The maximum atomic E-state index is 5.92. The summed E-state index contributed by atoms with van der Waals surface area (Å²) in [6.07, 6.45) is 2.44. The molecule has 0 saturated carbocycles. The van der Waals surface area contributed by atoms with Crippen LogP contribution >= 0.6 is 47.3 Å². The molecule has 1 fully saturated rings. The number of benzene rings is 1. The van der Waals surface area contributed by atoms with E-state index in [-0.39, 0.29) is 24.0 Å². The second-order valence-electron chi connectivity index (χ2n) is 6.73. The van der Waals surface area contributed by atoms with Crippen molar-refractivity contribution in [2.75, 3.05) is 58.7 Å². The maximum Gasteiger partial charge on any atom is 0.191 e. The molecule has 0 aromatic heterocycles. The van der Waals surface area contributed by atoms with Crippen molar-refractivity contribution < 1.29 is 4.74 Å². The summed E-state index contributed by atoms with van der Waals surface area (Å²) in [7, 11) is 1.77. The zero-order valence-electron chi connectivity index (χ0n) is 17.0. The maximum absolute atomic E-state index is 5.92. The van der Waals surface area contributed by atoms with Crippen LogP contribution in [0.4, 0.5) is 0 Å². The number of nitrogens with zero attached hydrogens (tertiary/aromatic N) is 2. The Morgan fingerprint density at radius 2 is 1.96 bits per heavy atom. The van der Waals surface area contributed by atoms with Crippen LogP contribution in [0, 0.1) is 5.92 Å². The van der Waals surface area contributed by atoms with Crippen molar-refractivity contribution in [1.82, 2.24) is 15.5 Å². The van der Waals surface area contributed by atoms with Crippen molar-refractivity contribution in [3.05, 3.63) is 29.3 Å². The van der Waals surface area contributed by atoms with Crippen molar-refractivity contribution in [2.24, 2.45) is 10.9 Å². The molecule has 0 bridgehead atoms. The van der Waals surface area contributed by atoms with Crippen molar-refractivity contribution in [3.8, 4) is 0 Å². The summed E-state index contributed by atoms with van der Waals surface area (Å²) in [6.45, 7) is 8.95. The van der Waals surface area contributed by atoms with Crippen molar-refractivity contribution in [2.45, 2.75) is 24.7 Å². The van der Waals surface area contributed by atoms with E-state index in [9.17, 15) is 0 Å². The van der Waals surface area contributed by atoms with Gasteiger partial charge in [-0.1, -0.05) is 11.6 Å². The Balaban J connectivity index is 0.00000392. The minimum absolute atomic E-state index is 0. The average Bonchev–Trinajstić information content (AvgIpc) is 2.70. The molecule has 1 aliphatic heterocycles. The third-order valence-electron chi connectivity index (χ3n) is 4.65. The smallest absolute Gasteiger partial charge is 0.191 e. The first-order valence-corrected chi connectivity index (χ1v) is 11.2. The summed E-state index contributed by atoms with van der Waals surface area (Å²) >= 11 is 7.75. The molecule has 28 heavy (non-hydrogen) atoms. The molecule has 0 atom stereocenters. The van der Waals surface area contributed by atoms with Gasteiger partial charge >= 0.3 is 0 Å². The zero-order valence-corrected chi connectivity index (χ0v) is 20.9. The minimum atomic E-state index is 0. The van der Waals surface area contributed by atoms with E-state index >= 15 is 0 Å². The predicted molar refractivity (Wildman–Crippen MR) is 133 cm³/mol. The van der Waals surface area contributed by atoms with Gasteiger partial charge in [-0.2, -0.15) is 0 Å². The summed E-state index contributed by atoms with van der Waals surface area (Å²) in [5, 5.41) is 7.57. The number of likely N-dealkylation sites (tertiary alicyclic amines) is 1. The van der Waals surface area contributed by atoms with Gasteiger partial charge in [-0.3, -0.25) is 4.99 Å². The van der Waals surface area contributed by atoms with Crippen LogP contribution in [0.15, 0.2) is 34.2 Å². The van der Waals surface area contributed by atoms with Crippen LogP contribution in [-0.4, -0.2) is 69.6 Å². The summed E-state index contributed by atoms with van der Waals surface area (Å²) in [5.41, 5.74) is 0. The van der Waals surface area contributed by atoms with Gasteiger partial charge in [0.05, 0.1) is 6.61 Å². The number of nitrogens with one attached hydrogen (secondary N) is 2. The van der Waals surface area contributed by atoms with Crippen molar-refractivity contribution in [1.29, 1.82) is 0 Å².